The van der Waals surface area contributed by atoms with Crippen LogP contribution < -0.4 is 5.32 Å². The lowest BCUT2D eigenvalue weighted by Gasteiger charge is -2.10. The first-order valence-corrected chi connectivity index (χ1v) is 4.11. The Morgan fingerprint density at radius 2 is 2.10 bits per heavy atom. The maximum Gasteiger partial charge on any atom is 0.0615 e. The normalized spacial score (nSPS) is 33.0. The van der Waals surface area contributed by atoms with Crippen LogP contribution in [-0.2, 0) is 4.74 Å². The molecule has 1 saturated heterocycles. The van der Waals surface area contributed by atoms with Gasteiger partial charge in [-0.1, -0.05) is 6.92 Å². The quantitative estimate of drug-likeness (QED) is 0.640. The molecule has 10 heavy (non-hydrogen) atoms. The minimum Gasteiger partial charge on any atom is -0.383 e. The monoisotopic (exact) mass is 143 g/mol. The lowest BCUT2D eigenvalue weighted by Crippen LogP contribution is -2.31. The van der Waals surface area contributed by atoms with E-state index in [0.717, 1.165) is 12.6 Å². The number of ether oxygens (including phenoxy) is 1. The van der Waals surface area contributed by atoms with Crippen molar-refractivity contribution >= 4 is 0 Å². The summed E-state index contributed by atoms with van der Waals surface area (Å²) in [5.74, 6) is 0. The molecule has 0 aromatic heterocycles. The molecule has 60 valence electrons. The third-order valence-electron chi connectivity index (χ3n) is 2.20. The van der Waals surface area contributed by atoms with Gasteiger partial charge in [-0.15, -0.1) is 0 Å². The van der Waals surface area contributed by atoms with E-state index in [1.807, 2.05) is 0 Å². The summed E-state index contributed by atoms with van der Waals surface area (Å²) in [4.78, 5) is 0. The Labute approximate surface area is 63.0 Å². The molecule has 2 heteroatoms. The fraction of sp³-hybridized carbons (Fsp3) is 1.00. The van der Waals surface area contributed by atoms with Crippen molar-refractivity contribution in [1.29, 1.82) is 0 Å². The Morgan fingerprint density at radius 1 is 1.40 bits per heavy atom. The highest BCUT2D eigenvalue weighted by molar-refractivity contribution is 4.81. The fourth-order valence-electron chi connectivity index (χ4n) is 1.56. The first kappa shape index (κ1) is 8.02. The molecule has 0 unspecified atom stereocenters. The molecule has 0 aromatic rings. The lowest BCUT2D eigenvalue weighted by atomic mass is 10.2. The van der Waals surface area contributed by atoms with Crippen molar-refractivity contribution in [2.75, 3.05) is 13.7 Å². The molecule has 1 heterocycles. The minimum atomic E-state index is 0.620. The maximum absolute atomic E-state index is 5.06. The van der Waals surface area contributed by atoms with E-state index in [-0.39, 0.29) is 0 Å². The highest BCUT2D eigenvalue weighted by atomic mass is 16.5. The molecule has 0 bridgehead atoms. The molecule has 0 radical (unpaired) electrons. The lowest BCUT2D eigenvalue weighted by molar-refractivity contribution is 0.171. The van der Waals surface area contributed by atoms with E-state index in [1.54, 1.807) is 7.11 Å². The SMILES string of the molecule is CC[C@H]1CC[C@H](COC)N1. The van der Waals surface area contributed by atoms with Crippen molar-refractivity contribution in [2.24, 2.45) is 0 Å². The number of methoxy groups -OCH3 is 1. The summed E-state index contributed by atoms with van der Waals surface area (Å²) < 4.78 is 5.06. The summed E-state index contributed by atoms with van der Waals surface area (Å²) in [6.07, 6.45) is 3.86. The van der Waals surface area contributed by atoms with Crippen molar-refractivity contribution in [2.45, 2.75) is 38.3 Å². The summed E-state index contributed by atoms with van der Waals surface area (Å²) in [5.41, 5.74) is 0. The molecular weight excluding hydrogens is 126 g/mol. The van der Waals surface area contributed by atoms with Gasteiger partial charge in [0.15, 0.2) is 0 Å². The average Bonchev–Trinajstić information content (AvgIpc) is 2.37. The summed E-state index contributed by atoms with van der Waals surface area (Å²) >= 11 is 0. The van der Waals surface area contributed by atoms with Crippen LogP contribution in [0.4, 0.5) is 0 Å². The Morgan fingerprint density at radius 3 is 2.60 bits per heavy atom. The van der Waals surface area contributed by atoms with E-state index in [1.165, 1.54) is 19.3 Å². The van der Waals surface area contributed by atoms with E-state index in [0.29, 0.717) is 6.04 Å². The molecule has 1 rings (SSSR count). The molecule has 1 fully saturated rings. The zero-order chi connectivity index (χ0) is 7.40. The second-order valence-electron chi connectivity index (χ2n) is 3.00. The van der Waals surface area contributed by atoms with Gasteiger partial charge in [-0.2, -0.15) is 0 Å². The van der Waals surface area contributed by atoms with Gasteiger partial charge < -0.3 is 10.1 Å². The summed E-state index contributed by atoms with van der Waals surface area (Å²) in [7, 11) is 1.76. The van der Waals surface area contributed by atoms with Gasteiger partial charge in [-0.25, -0.2) is 0 Å². The third kappa shape index (κ3) is 1.96. The molecule has 2 nitrogen and oxygen atoms in total. The Hall–Kier alpha value is -0.0800. The van der Waals surface area contributed by atoms with Gasteiger partial charge in [-0.3, -0.25) is 0 Å². The van der Waals surface area contributed by atoms with Crippen molar-refractivity contribution in [3.63, 3.8) is 0 Å². The molecule has 2 atom stereocenters. The zero-order valence-electron chi connectivity index (χ0n) is 6.89. The van der Waals surface area contributed by atoms with Gasteiger partial charge in [0.2, 0.25) is 0 Å². The summed E-state index contributed by atoms with van der Waals surface area (Å²) in [5, 5.41) is 3.52. The van der Waals surface area contributed by atoms with Crippen LogP contribution in [0.1, 0.15) is 26.2 Å². The van der Waals surface area contributed by atoms with Crippen LogP contribution in [0.5, 0.6) is 0 Å². The smallest absolute Gasteiger partial charge is 0.0615 e. The molecule has 1 N–H and O–H groups in total. The second-order valence-corrected chi connectivity index (χ2v) is 3.00. The number of rotatable bonds is 3. The fourth-order valence-corrected chi connectivity index (χ4v) is 1.56. The van der Waals surface area contributed by atoms with Gasteiger partial charge >= 0.3 is 0 Å². The average molecular weight is 143 g/mol. The number of hydrogen-bond donors (Lipinski definition) is 1. The molecule has 0 amide bonds. The van der Waals surface area contributed by atoms with Gasteiger partial charge in [0.25, 0.3) is 0 Å². The zero-order valence-corrected chi connectivity index (χ0v) is 6.89. The number of hydrogen-bond acceptors (Lipinski definition) is 2. The van der Waals surface area contributed by atoms with E-state index in [4.69, 9.17) is 4.74 Å². The van der Waals surface area contributed by atoms with E-state index in [9.17, 15) is 0 Å². The van der Waals surface area contributed by atoms with Gasteiger partial charge in [0.05, 0.1) is 6.61 Å². The predicted octanol–water partition coefficient (Wildman–Crippen LogP) is 1.16. The first-order valence-electron chi connectivity index (χ1n) is 4.11. The molecule has 0 aliphatic carbocycles. The van der Waals surface area contributed by atoms with Crippen LogP contribution in [0.2, 0.25) is 0 Å². The highest BCUT2D eigenvalue weighted by Gasteiger charge is 2.21. The molecule has 1 aliphatic rings. The molecule has 0 spiro atoms. The van der Waals surface area contributed by atoms with E-state index in [2.05, 4.69) is 12.2 Å². The standard InChI is InChI=1S/C8H17NO/c1-3-7-4-5-8(9-7)6-10-2/h7-9H,3-6H2,1-2H3/t7-,8+/m0/s1. The van der Waals surface area contributed by atoms with Gasteiger partial charge in [-0.05, 0) is 19.3 Å². The van der Waals surface area contributed by atoms with Gasteiger partial charge in [0.1, 0.15) is 0 Å². The molecule has 0 saturated carbocycles. The topological polar surface area (TPSA) is 21.3 Å². The van der Waals surface area contributed by atoms with Crippen LogP contribution in [0.3, 0.4) is 0 Å². The largest absolute Gasteiger partial charge is 0.383 e. The molecule has 1 aliphatic heterocycles. The van der Waals surface area contributed by atoms with Gasteiger partial charge in [0, 0.05) is 19.2 Å². The van der Waals surface area contributed by atoms with Crippen molar-refractivity contribution in [3.8, 4) is 0 Å². The minimum absolute atomic E-state index is 0.620. The third-order valence-corrected chi connectivity index (χ3v) is 2.20. The predicted molar refractivity (Wildman–Crippen MR) is 42.1 cm³/mol. The van der Waals surface area contributed by atoms with E-state index < -0.39 is 0 Å². The van der Waals surface area contributed by atoms with Crippen molar-refractivity contribution < 1.29 is 4.74 Å². The van der Waals surface area contributed by atoms with Crippen LogP contribution in [0.15, 0.2) is 0 Å². The van der Waals surface area contributed by atoms with Crippen molar-refractivity contribution in [1.82, 2.24) is 5.32 Å². The Balaban J connectivity index is 2.15. The molecular formula is C8H17NO. The van der Waals surface area contributed by atoms with Crippen LogP contribution >= 0.6 is 0 Å². The summed E-state index contributed by atoms with van der Waals surface area (Å²) in [6, 6.07) is 1.37. The van der Waals surface area contributed by atoms with Crippen LogP contribution in [0.25, 0.3) is 0 Å². The van der Waals surface area contributed by atoms with E-state index >= 15 is 0 Å². The first-order chi connectivity index (χ1) is 4.86. The van der Waals surface area contributed by atoms with Crippen molar-refractivity contribution in [3.05, 3.63) is 0 Å². The Kier molecular flexibility index (Phi) is 3.16. The molecule has 0 aromatic carbocycles. The second kappa shape index (κ2) is 3.94. The number of nitrogens with one attached hydrogen (secondary N) is 1. The summed E-state index contributed by atoms with van der Waals surface area (Å²) in [6.45, 7) is 3.10. The Bertz CT molecular complexity index is 95.3. The maximum atomic E-state index is 5.06. The van der Waals surface area contributed by atoms with Crippen LogP contribution in [0, 0.1) is 0 Å². The van der Waals surface area contributed by atoms with Crippen LogP contribution in [-0.4, -0.2) is 25.8 Å². The highest BCUT2D eigenvalue weighted by Crippen LogP contribution is 2.14.